The van der Waals surface area contributed by atoms with Crippen LogP contribution in [0.2, 0.25) is 5.02 Å². The lowest BCUT2D eigenvalue weighted by Crippen LogP contribution is -2.26. The van der Waals surface area contributed by atoms with Crippen molar-refractivity contribution in [1.29, 1.82) is 0 Å². The zero-order chi connectivity index (χ0) is 12.1. The molecule has 16 heavy (non-hydrogen) atoms. The van der Waals surface area contributed by atoms with E-state index < -0.39 is 6.10 Å². The van der Waals surface area contributed by atoms with E-state index in [2.05, 4.69) is 0 Å². The number of aryl methyl sites for hydroxylation is 1. The Balaban J connectivity index is 2.66. The first-order valence-corrected chi connectivity index (χ1v) is 5.51. The highest BCUT2D eigenvalue weighted by Gasteiger charge is 2.15. The van der Waals surface area contributed by atoms with Crippen LogP contribution >= 0.6 is 11.6 Å². The van der Waals surface area contributed by atoms with E-state index in [4.69, 9.17) is 21.1 Å². The molecule has 1 atom stereocenters. The average Bonchev–Trinajstić information content (AvgIpc) is 2.24. The second kappa shape index (κ2) is 5.75. The molecule has 3 nitrogen and oxygen atoms in total. The molecule has 0 saturated heterocycles. The van der Waals surface area contributed by atoms with Crippen LogP contribution in [0.25, 0.3) is 0 Å². The molecular formula is C12H15ClO3. The molecular weight excluding hydrogens is 228 g/mol. The van der Waals surface area contributed by atoms with Crippen LogP contribution in [-0.2, 0) is 9.53 Å². The minimum Gasteiger partial charge on any atom is -0.479 e. The smallest absolute Gasteiger partial charge is 0.347 e. The van der Waals surface area contributed by atoms with Gasteiger partial charge in [0.2, 0.25) is 0 Å². The van der Waals surface area contributed by atoms with E-state index in [1.807, 2.05) is 6.92 Å². The van der Waals surface area contributed by atoms with Crippen molar-refractivity contribution in [2.24, 2.45) is 0 Å². The van der Waals surface area contributed by atoms with Crippen LogP contribution in [0, 0.1) is 6.92 Å². The molecule has 0 heterocycles. The highest BCUT2D eigenvalue weighted by atomic mass is 35.5. The zero-order valence-electron chi connectivity index (χ0n) is 9.62. The Morgan fingerprint density at radius 2 is 2.19 bits per heavy atom. The molecule has 1 aromatic rings. The van der Waals surface area contributed by atoms with Gasteiger partial charge in [-0.25, -0.2) is 4.79 Å². The van der Waals surface area contributed by atoms with Crippen molar-refractivity contribution in [3.63, 3.8) is 0 Å². The largest absolute Gasteiger partial charge is 0.479 e. The van der Waals surface area contributed by atoms with E-state index in [-0.39, 0.29) is 5.97 Å². The fourth-order valence-corrected chi connectivity index (χ4v) is 1.32. The van der Waals surface area contributed by atoms with Crippen molar-refractivity contribution in [2.75, 3.05) is 6.61 Å². The Labute approximate surface area is 100 Å². The molecule has 0 radical (unpaired) electrons. The highest BCUT2D eigenvalue weighted by molar-refractivity contribution is 6.31. The standard InChI is InChI=1S/C12H15ClO3/c1-4-15-12(14)9(3)16-10-5-6-11(13)8(2)7-10/h5-7,9H,4H2,1-3H3/t9-/m0/s1. The van der Waals surface area contributed by atoms with Gasteiger partial charge in [-0.2, -0.15) is 0 Å². The Bertz CT molecular complexity index is 377. The molecule has 88 valence electrons. The summed E-state index contributed by atoms with van der Waals surface area (Å²) >= 11 is 5.88. The van der Waals surface area contributed by atoms with E-state index in [0.717, 1.165) is 5.56 Å². The van der Waals surface area contributed by atoms with Crippen LogP contribution in [0.1, 0.15) is 19.4 Å². The summed E-state index contributed by atoms with van der Waals surface area (Å²) in [6.07, 6.45) is -0.611. The zero-order valence-corrected chi connectivity index (χ0v) is 10.4. The van der Waals surface area contributed by atoms with Gasteiger partial charge >= 0.3 is 5.97 Å². The normalized spacial score (nSPS) is 12.0. The number of halogens is 1. The summed E-state index contributed by atoms with van der Waals surface area (Å²) in [4.78, 5) is 11.3. The van der Waals surface area contributed by atoms with E-state index in [0.29, 0.717) is 17.4 Å². The molecule has 1 rings (SSSR count). The number of carbonyl (C=O) groups is 1. The van der Waals surface area contributed by atoms with E-state index in [9.17, 15) is 4.79 Å². The number of hydrogen-bond acceptors (Lipinski definition) is 3. The van der Waals surface area contributed by atoms with E-state index >= 15 is 0 Å². The first-order valence-electron chi connectivity index (χ1n) is 5.14. The molecule has 0 aliphatic rings. The summed E-state index contributed by atoms with van der Waals surface area (Å²) in [7, 11) is 0. The SMILES string of the molecule is CCOC(=O)[C@H](C)Oc1ccc(Cl)c(C)c1. The first kappa shape index (κ1) is 12.8. The summed E-state index contributed by atoms with van der Waals surface area (Å²) in [5.74, 6) is 0.248. The second-order valence-electron chi connectivity index (χ2n) is 3.42. The Kier molecular flexibility index (Phi) is 4.62. The van der Waals surface area contributed by atoms with Gasteiger partial charge in [0.05, 0.1) is 6.61 Å². The van der Waals surface area contributed by atoms with Crippen molar-refractivity contribution in [3.05, 3.63) is 28.8 Å². The summed E-state index contributed by atoms with van der Waals surface area (Å²) in [6, 6.07) is 5.26. The van der Waals surface area contributed by atoms with Crippen LogP contribution in [0.4, 0.5) is 0 Å². The summed E-state index contributed by atoms with van der Waals surface area (Å²) < 4.78 is 10.3. The third-order valence-corrected chi connectivity index (χ3v) is 2.48. The summed E-state index contributed by atoms with van der Waals surface area (Å²) in [5.41, 5.74) is 0.912. The molecule has 0 unspecified atom stereocenters. The Morgan fingerprint density at radius 3 is 2.75 bits per heavy atom. The highest BCUT2D eigenvalue weighted by Crippen LogP contribution is 2.21. The monoisotopic (exact) mass is 242 g/mol. The van der Waals surface area contributed by atoms with Gasteiger partial charge in [0, 0.05) is 5.02 Å². The summed E-state index contributed by atoms with van der Waals surface area (Å²) in [5, 5.41) is 0.677. The number of benzene rings is 1. The average molecular weight is 243 g/mol. The van der Waals surface area contributed by atoms with Gasteiger partial charge in [0.1, 0.15) is 5.75 Å². The third kappa shape index (κ3) is 3.42. The fraction of sp³-hybridized carbons (Fsp3) is 0.417. The van der Waals surface area contributed by atoms with Gasteiger partial charge < -0.3 is 9.47 Å². The molecule has 0 saturated carbocycles. The number of rotatable bonds is 4. The molecule has 0 bridgehead atoms. The van der Waals surface area contributed by atoms with Gasteiger partial charge in [0.25, 0.3) is 0 Å². The molecule has 0 N–H and O–H groups in total. The second-order valence-corrected chi connectivity index (χ2v) is 3.83. The molecule has 1 aromatic carbocycles. The minimum absolute atomic E-state index is 0.353. The van der Waals surface area contributed by atoms with Crippen LogP contribution < -0.4 is 4.74 Å². The number of esters is 1. The van der Waals surface area contributed by atoms with E-state index in [1.54, 1.807) is 32.0 Å². The van der Waals surface area contributed by atoms with E-state index in [1.165, 1.54) is 0 Å². The van der Waals surface area contributed by atoms with Crippen molar-refractivity contribution in [3.8, 4) is 5.75 Å². The predicted octanol–water partition coefficient (Wildman–Crippen LogP) is 2.98. The number of carbonyl (C=O) groups excluding carboxylic acids is 1. The lowest BCUT2D eigenvalue weighted by Gasteiger charge is -2.13. The molecule has 0 aliphatic heterocycles. The quantitative estimate of drug-likeness (QED) is 0.762. The maximum Gasteiger partial charge on any atom is 0.347 e. The van der Waals surface area contributed by atoms with Gasteiger partial charge in [-0.1, -0.05) is 11.6 Å². The van der Waals surface area contributed by atoms with Gasteiger partial charge in [-0.3, -0.25) is 0 Å². The van der Waals surface area contributed by atoms with Crippen molar-refractivity contribution in [1.82, 2.24) is 0 Å². The van der Waals surface area contributed by atoms with Gasteiger partial charge in [-0.05, 0) is 44.5 Å². The van der Waals surface area contributed by atoms with Crippen molar-refractivity contribution >= 4 is 17.6 Å². The van der Waals surface area contributed by atoms with Crippen molar-refractivity contribution in [2.45, 2.75) is 26.9 Å². The number of ether oxygens (including phenoxy) is 2. The van der Waals surface area contributed by atoms with Crippen LogP contribution in [0.5, 0.6) is 5.75 Å². The van der Waals surface area contributed by atoms with Gasteiger partial charge in [0.15, 0.2) is 6.10 Å². The molecule has 0 aliphatic carbocycles. The molecule has 0 amide bonds. The summed E-state index contributed by atoms with van der Waals surface area (Å²) in [6.45, 7) is 5.65. The van der Waals surface area contributed by atoms with Crippen LogP contribution in [0.3, 0.4) is 0 Å². The van der Waals surface area contributed by atoms with Crippen LogP contribution in [0.15, 0.2) is 18.2 Å². The predicted molar refractivity (Wildman–Crippen MR) is 62.9 cm³/mol. The molecule has 4 heteroatoms. The van der Waals surface area contributed by atoms with Gasteiger partial charge in [-0.15, -0.1) is 0 Å². The Morgan fingerprint density at radius 1 is 1.50 bits per heavy atom. The minimum atomic E-state index is -0.611. The topological polar surface area (TPSA) is 35.5 Å². The third-order valence-electron chi connectivity index (χ3n) is 2.06. The lowest BCUT2D eigenvalue weighted by atomic mass is 10.2. The number of hydrogen-bond donors (Lipinski definition) is 0. The fourth-order valence-electron chi connectivity index (χ4n) is 1.20. The lowest BCUT2D eigenvalue weighted by molar-refractivity contribution is -0.150. The van der Waals surface area contributed by atoms with Crippen LogP contribution in [-0.4, -0.2) is 18.7 Å². The Hall–Kier alpha value is -1.22. The molecule has 0 spiro atoms. The van der Waals surface area contributed by atoms with Crippen molar-refractivity contribution < 1.29 is 14.3 Å². The molecule has 0 aromatic heterocycles. The maximum atomic E-state index is 11.3. The maximum absolute atomic E-state index is 11.3. The first-order chi connectivity index (χ1) is 7.54. The molecule has 0 fully saturated rings.